The summed E-state index contributed by atoms with van der Waals surface area (Å²) in [6.07, 6.45) is 5.38. The lowest BCUT2D eigenvalue weighted by Crippen LogP contribution is -2.29. The number of benzene rings is 2. The lowest BCUT2D eigenvalue weighted by atomic mass is 9.87. The Kier molecular flexibility index (Phi) is 14.1. The van der Waals surface area contributed by atoms with Crippen molar-refractivity contribution in [1.82, 2.24) is 15.3 Å². The zero-order chi connectivity index (χ0) is 29.6. The molecule has 1 aliphatic rings. The van der Waals surface area contributed by atoms with Crippen molar-refractivity contribution in [2.75, 3.05) is 12.8 Å². The third kappa shape index (κ3) is 10.3. The predicted molar refractivity (Wildman–Crippen MR) is 146 cm³/mol. The molecule has 2 aromatic carbocycles. The highest BCUT2D eigenvalue weighted by Crippen LogP contribution is 2.37. The van der Waals surface area contributed by atoms with E-state index < -0.39 is 17.6 Å². The van der Waals surface area contributed by atoms with Crippen molar-refractivity contribution in [2.45, 2.75) is 65.8 Å². The first kappa shape index (κ1) is 33.5. The molecule has 0 radical (unpaired) electrons. The zero-order valence-electron chi connectivity index (χ0n) is 23.1. The van der Waals surface area contributed by atoms with Crippen LogP contribution in [0.2, 0.25) is 0 Å². The van der Waals surface area contributed by atoms with E-state index in [1.54, 1.807) is 26.0 Å². The van der Waals surface area contributed by atoms with Crippen LogP contribution >= 0.6 is 0 Å². The van der Waals surface area contributed by atoms with Gasteiger partial charge >= 0.3 is 0 Å². The summed E-state index contributed by atoms with van der Waals surface area (Å²) in [6.45, 7) is 7.49. The van der Waals surface area contributed by atoms with Crippen molar-refractivity contribution in [1.29, 1.82) is 0 Å². The Morgan fingerprint density at radius 1 is 1.08 bits per heavy atom. The summed E-state index contributed by atoms with van der Waals surface area (Å²) in [4.78, 5) is 20.2. The van der Waals surface area contributed by atoms with E-state index >= 15 is 0 Å². The van der Waals surface area contributed by atoms with Gasteiger partial charge in [0.25, 0.3) is 11.8 Å². The quantitative estimate of drug-likeness (QED) is 0.314. The topological polar surface area (TPSA) is 101 Å². The van der Waals surface area contributed by atoms with Crippen molar-refractivity contribution in [3.8, 4) is 11.3 Å². The van der Waals surface area contributed by atoms with Crippen LogP contribution in [0.25, 0.3) is 11.3 Å². The molecule has 3 aromatic rings. The van der Waals surface area contributed by atoms with Gasteiger partial charge in [-0.1, -0.05) is 39.3 Å². The van der Waals surface area contributed by atoms with E-state index in [-0.39, 0.29) is 36.1 Å². The summed E-state index contributed by atoms with van der Waals surface area (Å²) in [5, 5.41) is 9.58. The summed E-state index contributed by atoms with van der Waals surface area (Å²) in [6, 6.07) is 8.54. The second-order valence-corrected chi connectivity index (χ2v) is 8.71. The minimum Gasteiger partial charge on any atom is -0.400 e. The highest BCUT2D eigenvalue weighted by molar-refractivity contribution is 5.95. The van der Waals surface area contributed by atoms with Crippen LogP contribution in [0.15, 0.2) is 48.8 Å². The van der Waals surface area contributed by atoms with Gasteiger partial charge in [0.1, 0.15) is 23.1 Å². The van der Waals surface area contributed by atoms with E-state index in [2.05, 4.69) is 15.3 Å². The number of carbonyl (C=O) groups is 1. The molecule has 0 bridgehead atoms. The number of halogens is 4. The number of aryl methyl sites for hydroxylation is 1. The number of rotatable bonds is 4. The number of nitrogens with two attached hydrogens (primary N) is 1. The van der Waals surface area contributed by atoms with Crippen LogP contribution in [0.4, 0.5) is 23.4 Å². The van der Waals surface area contributed by atoms with Gasteiger partial charge < -0.3 is 16.2 Å². The number of alkyl halides is 2. The minimum absolute atomic E-state index is 0.0930. The van der Waals surface area contributed by atoms with Gasteiger partial charge in [0, 0.05) is 44.0 Å². The van der Waals surface area contributed by atoms with E-state index in [0.717, 1.165) is 19.1 Å². The van der Waals surface area contributed by atoms with Gasteiger partial charge in [-0.25, -0.2) is 22.5 Å². The monoisotopic (exact) mass is 550 g/mol. The van der Waals surface area contributed by atoms with Crippen molar-refractivity contribution in [3.05, 3.63) is 77.1 Å². The molecular formula is C29H38F4N4O2. The molecule has 1 heterocycles. The Morgan fingerprint density at radius 2 is 1.74 bits per heavy atom. The number of nitrogens with zero attached hydrogens (tertiary/aromatic N) is 2. The molecule has 1 atom stereocenters. The van der Waals surface area contributed by atoms with Crippen LogP contribution in [-0.2, 0) is 6.54 Å². The number of aliphatic hydroxyl groups excluding tert-OH is 1. The molecule has 4 N–H and O–H groups in total. The van der Waals surface area contributed by atoms with Crippen LogP contribution in [0, 0.1) is 24.5 Å². The predicted octanol–water partition coefficient (Wildman–Crippen LogP) is 6.71. The molecule has 214 valence electrons. The maximum atomic E-state index is 14.4. The minimum atomic E-state index is -2.36. The van der Waals surface area contributed by atoms with Crippen LogP contribution in [0.5, 0.6) is 0 Å². The maximum absolute atomic E-state index is 14.4. The first-order valence-electron chi connectivity index (χ1n) is 12.8. The molecule has 1 aliphatic carbocycles. The number of aromatic nitrogens is 2. The van der Waals surface area contributed by atoms with Gasteiger partial charge in [-0.05, 0) is 55.2 Å². The van der Waals surface area contributed by atoms with Crippen LogP contribution in [0.3, 0.4) is 0 Å². The van der Waals surface area contributed by atoms with Gasteiger partial charge in [-0.15, -0.1) is 0 Å². The molecular weight excluding hydrogens is 512 g/mol. The van der Waals surface area contributed by atoms with Crippen molar-refractivity contribution in [3.63, 3.8) is 0 Å². The van der Waals surface area contributed by atoms with E-state index in [9.17, 15) is 22.4 Å². The molecule has 0 spiro atoms. The fourth-order valence-electron chi connectivity index (χ4n) is 3.88. The van der Waals surface area contributed by atoms with Gasteiger partial charge in [0.15, 0.2) is 0 Å². The molecule has 0 aliphatic heterocycles. The number of nitrogens with one attached hydrogen (secondary N) is 1. The average Bonchev–Trinajstić information content (AvgIpc) is 2.91. The van der Waals surface area contributed by atoms with Crippen molar-refractivity contribution in [2.24, 2.45) is 5.92 Å². The number of anilines is 1. The number of hydrogen-bond acceptors (Lipinski definition) is 5. The third-order valence-electron chi connectivity index (χ3n) is 5.89. The summed E-state index contributed by atoms with van der Waals surface area (Å²) in [5.41, 5.74) is 7.71. The van der Waals surface area contributed by atoms with Gasteiger partial charge in [-0.2, -0.15) is 0 Å². The smallest absolute Gasteiger partial charge is 0.254 e. The van der Waals surface area contributed by atoms with Crippen LogP contribution in [-0.4, -0.2) is 34.0 Å². The number of carbonyl (C=O) groups excluding carboxylic acids is 1. The number of hydrogen-bond donors (Lipinski definition) is 3. The number of nitrogen functional groups attached to an aromatic ring is 1. The van der Waals surface area contributed by atoms with Gasteiger partial charge in [0.05, 0.1) is 5.56 Å². The summed E-state index contributed by atoms with van der Waals surface area (Å²) >= 11 is 0. The molecule has 0 saturated heterocycles. The second-order valence-electron chi connectivity index (χ2n) is 8.71. The summed E-state index contributed by atoms with van der Waals surface area (Å²) < 4.78 is 52.9. The normalized spacial score (nSPS) is 15.3. The van der Waals surface area contributed by atoms with E-state index in [1.165, 1.54) is 36.7 Å². The van der Waals surface area contributed by atoms with Gasteiger partial charge in [-0.3, -0.25) is 9.78 Å². The summed E-state index contributed by atoms with van der Waals surface area (Å²) in [5.74, 6) is -4.26. The summed E-state index contributed by atoms with van der Waals surface area (Å²) in [7, 11) is 1.00. The number of amides is 1. The second kappa shape index (κ2) is 16.4. The molecule has 1 unspecified atom stereocenters. The first-order valence-corrected chi connectivity index (χ1v) is 12.8. The van der Waals surface area contributed by atoms with Crippen molar-refractivity contribution >= 4 is 11.7 Å². The lowest BCUT2D eigenvalue weighted by molar-refractivity contribution is -0.0783. The molecule has 1 fully saturated rings. The first-order chi connectivity index (χ1) is 18.6. The van der Waals surface area contributed by atoms with E-state index in [0.29, 0.717) is 29.7 Å². The number of aliphatic hydroxyl groups is 1. The molecule has 1 aromatic heterocycles. The highest BCUT2D eigenvalue weighted by Gasteiger charge is 2.37. The highest BCUT2D eigenvalue weighted by atomic mass is 19.3. The van der Waals surface area contributed by atoms with Crippen molar-refractivity contribution < 1.29 is 27.5 Å². The Hall–Kier alpha value is -3.53. The Balaban J connectivity index is 0.000000489. The average molecular weight is 551 g/mol. The molecule has 1 amide bonds. The van der Waals surface area contributed by atoms with Crippen LogP contribution in [0.1, 0.15) is 67.9 Å². The van der Waals surface area contributed by atoms with Gasteiger partial charge in [0.2, 0.25) is 0 Å². The fraction of sp³-hybridized carbons (Fsp3) is 0.414. The Bertz CT molecular complexity index is 1170. The molecule has 1 saturated carbocycles. The maximum Gasteiger partial charge on any atom is 0.254 e. The Labute approximate surface area is 227 Å². The largest absolute Gasteiger partial charge is 0.400 e. The van der Waals surface area contributed by atoms with E-state index in [1.807, 2.05) is 13.8 Å². The molecule has 6 nitrogen and oxygen atoms in total. The van der Waals surface area contributed by atoms with E-state index in [4.69, 9.17) is 10.8 Å². The third-order valence-corrected chi connectivity index (χ3v) is 5.89. The standard InChI is InChI=1S/C19H16F2N4O.C7H12F2.C2H6.CH4O/c1-11-6-12(8-14(20)7-11)10-25-19(26)15-3-2-13(9-16(15)21)17-18(22)24-5-4-23-17;1-6-4-2-3-5-7(6,8)9;2*1-2/h2-9H,10H2,1H3,(H2,22,24)(H,25,26);6H,2-5H2,1H3;1-2H3;2H,1H3. The lowest BCUT2D eigenvalue weighted by Gasteiger charge is -2.27. The molecule has 10 heteroatoms. The fourth-order valence-corrected chi connectivity index (χ4v) is 3.88. The zero-order valence-corrected chi connectivity index (χ0v) is 23.1. The molecule has 4 rings (SSSR count). The Morgan fingerprint density at radius 3 is 2.28 bits per heavy atom. The molecule has 39 heavy (non-hydrogen) atoms. The van der Waals surface area contributed by atoms with Crippen LogP contribution < -0.4 is 11.1 Å². The SMILES string of the molecule is CC.CC1CCCCC1(F)F.CO.Cc1cc(F)cc(CNC(=O)c2ccc(-c3nccnc3N)cc2F)c1.